The van der Waals surface area contributed by atoms with Gasteiger partial charge in [0.25, 0.3) is 0 Å². The normalized spacial score (nSPS) is 13.0. The Balaban J connectivity index is 0.000000494. The van der Waals surface area contributed by atoms with E-state index in [1.54, 1.807) is 11.3 Å². The molecule has 0 spiro atoms. The molecule has 0 fully saturated rings. The summed E-state index contributed by atoms with van der Waals surface area (Å²) >= 11 is 1.72. The van der Waals surface area contributed by atoms with Crippen LogP contribution in [-0.4, -0.2) is 0 Å². The van der Waals surface area contributed by atoms with Crippen LogP contribution in [0.3, 0.4) is 0 Å². The second-order valence-electron chi connectivity index (χ2n) is 5.87. The third-order valence-corrected chi connectivity index (χ3v) is 3.07. The minimum Gasteiger partial charge on any atom is -0.222 e. The average Bonchev–Trinajstić information content (AvgIpc) is 2.43. The molecule has 0 N–H and O–H groups in total. The molecule has 0 aliphatic rings. The van der Waals surface area contributed by atoms with Crippen LogP contribution in [0.25, 0.3) is 0 Å². The number of rotatable bonds is 0. The van der Waals surface area contributed by atoms with Gasteiger partial charge in [-0.2, -0.15) is 0 Å². The Kier molecular flexibility index (Phi) is 5.74. The van der Waals surface area contributed by atoms with E-state index in [2.05, 4.69) is 46.9 Å². The fourth-order valence-electron chi connectivity index (χ4n) is 0.915. The number of hydrogen-bond acceptors (Lipinski definition) is 5. The molecule has 0 amide bonds. The molecule has 0 aromatic carbocycles. The van der Waals surface area contributed by atoms with Gasteiger partial charge in [0.15, 0.2) is 0 Å². The lowest BCUT2D eigenvalue weighted by atomic mass is 9.94. The first-order valence-corrected chi connectivity index (χ1v) is 7.37. The van der Waals surface area contributed by atoms with Crippen LogP contribution in [0, 0.1) is 10.2 Å². The molecule has 1 aromatic heterocycles. The molecular formula is C11H19ClO5S. The highest BCUT2D eigenvalue weighted by molar-refractivity contribution is 7.09. The molecule has 1 rings (SSSR count). The Morgan fingerprint density at radius 1 is 0.944 bits per heavy atom. The van der Waals surface area contributed by atoms with Gasteiger partial charge in [0.05, 0.1) is 10.8 Å². The lowest BCUT2D eigenvalue weighted by Crippen LogP contribution is -2.68. The maximum atomic E-state index is 8.49. The van der Waals surface area contributed by atoms with E-state index in [1.807, 2.05) is 0 Å². The summed E-state index contributed by atoms with van der Waals surface area (Å²) in [6.45, 7) is 13.0. The summed E-state index contributed by atoms with van der Waals surface area (Å²) in [5.41, 5.74) is 0.258. The smallest absolute Gasteiger partial charge is 0.222 e. The van der Waals surface area contributed by atoms with Crippen molar-refractivity contribution in [3.05, 3.63) is 16.2 Å². The standard InChI is InChI=1S/C11H19OS.ClHO4/c1-10(2,3)8-7-13-9(12-8)11(4,5)6;2-1(3,4)5/h7H,1-6H3;(H,2,3,4,5)/q+1;/p-1. The van der Waals surface area contributed by atoms with Crippen molar-refractivity contribution < 1.29 is 33.3 Å². The zero-order valence-corrected chi connectivity index (χ0v) is 13.0. The van der Waals surface area contributed by atoms with Crippen LogP contribution in [0.2, 0.25) is 0 Å². The Hall–Kier alpha value is -0.240. The molecule has 7 heteroatoms. The minimum absolute atomic E-state index is 0.125. The van der Waals surface area contributed by atoms with Crippen LogP contribution in [0.4, 0.5) is 0 Å². The van der Waals surface area contributed by atoms with Gasteiger partial charge in [0.1, 0.15) is 5.38 Å². The molecule has 1 heterocycles. The predicted octanol–water partition coefficient (Wildman–Crippen LogP) is -0.539. The molecule has 5 nitrogen and oxygen atoms in total. The van der Waals surface area contributed by atoms with E-state index in [4.69, 9.17) is 23.1 Å². The summed E-state index contributed by atoms with van der Waals surface area (Å²) in [4.78, 5) is 0. The van der Waals surface area contributed by atoms with Gasteiger partial charge in [-0.05, 0) is 52.9 Å². The SMILES string of the molecule is CC(C)(C)c1csc(C(C)(C)C)[o+]1.[O-][Cl+3]([O-])([O-])[O-]. The number of hydrogen-bond donors (Lipinski definition) is 0. The Labute approximate surface area is 113 Å². The second kappa shape index (κ2) is 5.81. The summed E-state index contributed by atoms with van der Waals surface area (Å²) in [7, 11) is -4.94. The van der Waals surface area contributed by atoms with Gasteiger partial charge in [-0.3, -0.25) is 0 Å². The zero-order valence-electron chi connectivity index (χ0n) is 11.4. The van der Waals surface area contributed by atoms with Crippen molar-refractivity contribution in [1.82, 2.24) is 0 Å². The molecule has 106 valence electrons. The van der Waals surface area contributed by atoms with Gasteiger partial charge in [0, 0.05) is 0 Å². The fourth-order valence-corrected chi connectivity index (χ4v) is 2.02. The van der Waals surface area contributed by atoms with Crippen LogP contribution in [0.1, 0.15) is 52.4 Å². The molecule has 0 bridgehead atoms. The van der Waals surface area contributed by atoms with Gasteiger partial charge in [-0.25, -0.2) is 23.1 Å². The van der Waals surface area contributed by atoms with E-state index in [0.717, 1.165) is 10.8 Å². The van der Waals surface area contributed by atoms with Crippen molar-refractivity contribution in [2.75, 3.05) is 0 Å². The molecule has 0 saturated heterocycles. The minimum atomic E-state index is -4.94. The van der Waals surface area contributed by atoms with Crippen LogP contribution in [-0.2, 0) is 10.8 Å². The largest absolute Gasteiger partial charge is 0.390 e. The van der Waals surface area contributed by atoms with Gasteiger partial charge in [-0.15, -0.1) is 10.2 Å². The van der Waals surface area contributed by atoms with Crippen LogP contribution < -0.4 is 18.6 Å². The highest BCUT2D eigenvalue weighted by Crippen LogP contribution is 2.33. The van der Waals surface area contributed by atoms with E-state index in [-0.39, 0.29) is 10.8 Å². The van der Waals surface area contributed by atoms with E-state index >= 15 is 0 Å². The predicted molar refractivity (Wildman–Crippen MR) is 58.4 cm³/mol. The summed E-state index contributed by atoms with van der Waals surface area (Å²) in [6, 6.07) is 0. The van der Waals surface area contributed by atoms with E-state index in [9.17, 15) is 0 Å². The lowest BCUT2D eigenvalue weighted by Gasteiger charge is -2.17. The van der Waals surface area contributed by atoms with Gasteiger partial charge >= 0.3 is 10.8 Å². The molecule has 0 aliphatic heterocycles. The van der Waals surface area contributed by atoms with Crippen molar-refractivity contribution in [2.24, 2.45) is 0 Å². The molecule has 0 saturated carbocycles. The summed E-state index contributed by atoms with van der Waals surface area (Å²) in [5, 5.41) is 3.23. The monoisotopic (exact) mass is 298 g/mol. The second-order valence-corrected chi connectivity index (χ2v) is 7.47. The lowest BCUT2D eigenvalue weighted by molar-refractivity contribution is -2.00. The third kappa shape index (κ3) is 7.97. The van der Waals surface area contributed by atoms with Crippen molar-refractivity contribution >= 4 is 11.3 Å². The highest BCUT2D eigenvalue weighted by Gasteiger charge is 2.35. The van der Waals surface area contributed by atoms with Crippen LogP contribution in [0.15, 0.2) is 9.80 Å². The first-order chi connectivity index (χ1) is 7.71. The molecule has 1 aromatic rings. The molecule has 0 unspecified atom stereocenters. The van der Waals surface area contributed by atoms with Crippen molar-refractivity contribution in [2.45, 2.75) is 52.4 Å². The molecule has 0 radical (unpaired) electrons. The Morgan fingerprint density at radius 3 is 1.50 bits per heavy atom. The summed E-state index contributed by atoms with van der Waals surface area (Å²) in [6.07, 6.45) is 0. The number of halogens is 1. The van der Waals surface area contributed by atoms with Crippen molar-refractivity contribution in [3.63, 3.8) is 0 Å². The van der Waals surface area contributed by atoms with Gasteiger partial charge < -0.3 is 0 Å². The molecule has 18 heavy (non-hydrogen) atoms. The van der Waals surface area contributed by atoms with E-state index in [0.29, 0.717) is 0 Å². The molecular weight excluding hydrogens is 280 g/mol. The van der Waals surface area contributed by atoms with E-state index in [1.165, 1.54) is 0 Å². The topological polar surface area (TPSA) is 104 Å². The summed E-state index contributed by atoms with van der Waals surface area (Å²) in [5.74, 6) is 1.09. The van der Waals surface area contributed by atoms with Gasteiger partial charge in [0.2, 0.25) is 0 Å². The highest BCUT2D eigenvalue weighted by atomic mass is 35.7. The van der Waals surface area contributed by atoms with E-state index < -0.39 is 10.2 Å². The maximum absolute atomic E-state index is 8.49. The maximum Gasteiger partial charge on any atom is 0.390 e. The Bertz CT molecular complexity index is 336. The first-order valence-electron chi connectivity index (χ1n) is 5.25. The average molecular weight is 299 g/mol. The molecule has 0 atom stereocenters. The van der Waals surface area contributed by atoms with Crippen molar-refractivity contribution in [1.29, 1.82) is 0 Å². The van der Waals surface area contributed by atoms with Crippen LogP contribution >= 0.6 is 11.3 Å². The first kappa shape index (κ1) is 17.8. The van der Waals surface area contributed by atoms with Gasteiger partial charge in [-0.1, -0.05) is 0 Å². The third-order valence-electron chi connectivity index (χ3n) is 1.83. The van der Waals surface area contributed by atoms with Crippen molar-refractivity contribution in [3.8, 4) is 0 Å². The Morgan fingerprint density at radius 2 is 1.33 bits per heavy atom. The fraction of sp³-hybridized carbons (Fsp3) is 0.727. The van der Waals surface area contributed by atoms with Crippen LogP contribution in [0.5, 0.6) is 0 Å². The quantitative estimate of drug-likeness (QED) is 0.598. The molecule has 0 aliphatic carbocycles. The zero-order chi connectivity index (χ0) is 14.8. The summed E-state index contributed by atoms with van der Waals surface area (Å²) < 4.78 is 39.8.